The zero-order chi connectivity index (χ0) is 4.50. The fourth-order valence-corrected chi connectivity index (χ4v) is 0. The van der Waals surface area contributed by atoms with E-state index < -0.39 is 13.6 Å². The van der Waals surface area contributed by atoms with Crippen LogP contribution in [0, 0.1) is 0 Å². The molecule has 0 bridgehead atoms. The molecule has 0 heterocycles. The van der Waals surface area contributed by atoms with E-state index in [1.54, 1.807) is 0 Å². The molecule has 0 saturated heterocycles. The monoisotopic (exact) mass is 206 g/mol. The van der Waals surface area contributed by atoms with E-state index in [1.165, 1.54) is 0 Å². The van der Waals surface area contributed by atoms with Crippen molar-refractivity contribution in [3.63, 3.8) is 0 Å². The Labute approximate surface area is 63.4 Å². The normalized spacial score (nSPS) is 8.29. The first kappa shape index (κ1) is 15.7. The van der Waals surface area contributed by atoms with Gasteiger partial charge in [-0.25, -0.2) is 0 Å². The van der Waals surface area contributed by atoms with Crippen LogP contribution in [0.15, 0.2) is 0 Å². The SMILES string of the molecule is [AlH3].[Ni].[O]=[Cr](=[O])([OH])[OH]. The van der Waals surface area contributed by atoms with Gasteiger partial charge in [0.05, 0.1) is 0 Å². The summed E-state index contributed by atoms with van der Waals surface area (Å²) in [6.07, 6.45) is 0. The van der Waals surface area contributed by atoms with Gasteiger partial charge < -0.3 is 0 Å². The quantitative estimate of drug-likeness (QED) is 0.429. The molecule has 0 aliphatic heterocycles. The first-order valence-electron chi connectivity index (χ1n) is 0.698. The molecule has 7 heteroatoms. The van der Waals surface area contributed by atoms with Crippen molar-refractivity contribution in [2.75, 3.05) is 0 Å². The summed E-state index contributed by atoms with van der Waals surface area (Å²) in [4.78, 5) is 0. The molecule has 48 valence electrons. The molecule has 0 aliphatic carbocycles. The Morgan fingerprint density at radius 2 is 1.14 bits per heavy atom. The van der Waals surface area contributed by atoms with Crippen molar-refractivity contribution in [3.8, 4) is 0 Å². The third-order valence-corrected chi connectivity index (χ3v) is 0. The molecule has 0 unspecified atom stereocenters. The summed E-state index contributed by atoms with van der Waals surface area (Å²) in [6, 6.07) is 0. The molecule has 0 aromatic heterocycles. The predicted octanol–water partition coefficient (Wildman–Crippen LogP) is -2.54. The Bertz CT molecular complexity index is 94.9. The summed E-state index contributed by atoms with van der Waals surface area (Å²) in [5, 5.41) is 0. The number of rotatable bonds is 0. The van der Waals surface area contributed by atoms with Crippen LogP contribution in [0.4, 0.5) is 0 Å². The van der Waals surface area contributed by atoms with Crippen molar-refractivity contribution in [2.24, 2.45) is 0 Å². The van der Waals surface area contributed by atoms with Crippen LogP contribution in [0.2, 0.25) is 0 Å². The van der Waals surface area contributed by atoms with Gasteiger partial charge in [0.2, 0.25) is 0 Å². The van der Waals surface area contributed by atoms with Gasteiger partial charge in [0.15, 0.2) is 17.4 Å². The van der Waals surface area contributed by atoms with Gasteiger partial charge >= 0.3 is 29.5 Å². The third-order valence-electron chi connectivity index (χ3n) is 0. The van der Waals surface area contributed by atoms with E-state index in [2.05, 4.69) is 0 Å². The van der Waals surface area contributed by atoms with E-state index in [-0.39, 0.29) is 33.9 Å². The molecular formula is H5AlCrNiO4. The Balaban J connectivity index is -0.0000000800. The standard InChI is InChI=1S/Al.Cr.Ni.2H2O.2O.3H/h;;;2*1H2;;;;;/q;+2;;;;;;;;/p-2. The molecule has 2 N–H and O–H groups in total. The fraction of sp³-hybridized carbons (Fsp3) is 0. The van der Waals surface area contributed by atoms with Gasteiger partial charge in [0.1, 0.15) is 0 Å². The molecule has 0 aliphatic rings. The Morgan fingerprint density at radius 1 is 1.14 bits per heavy atom. The fourth-order valence-electron chi connectivity index (χ4n) is 0. The van der Waals surface area contributed by atoms with Crippen LogP contribution in [-0.4, -0.2) is 25.7 Å². The summed E-state index contributed by atoms with van der Waals surface area (Å²) in [7, 11) is 0. The molecule has 0 aromatic carbocycles. The van der Waals surface area contributed by atoms with Gasteiger partial charge in [-0.3, -0.25) is 0 Å². The van der Waals surface area contributed by atoms with Crippen molar-refractivity contribution in [3.05, 3.63) is 0 Å². The molecule has 0 rings (SSSR count). The molecular weight excluding hydrogens is 202 g/mol. The summed E-state index contributed by atoms with van der Waals surface area (Å²) in [6.45, 7) is 0. The predicted molar refractivity (Wildman–Crippen MR) is 15.7 cm³/mol. The maximum absolute atomic E-state index is 8.82. The van der Waals surface area contributed by atoms with Gasteiger partial charge in [0.25, 0.3) is 0 Å². The van der Waals surface area contributed by atoms with Crippen molar-refractivity contribution in [1.82, 2.24) is 0 Å². The summed E-state index contributed by atoms with van der Waals surface area (Å²) in [5.74, 6) is 0. The molecule has 4 nitrogen and oxygen atoms in total. The number of hydrogen-bond donors (Lipinski definition) is 2. The molecule has 0 atom stereocenters. The Morgan fingerprint density at radius 3 is 1.14 bits per heavy atom. The average Bonchev–Trinajstić information content (AvgIpc) is 0.722. The zero-order valence-corrected chi connectivity index (χ0v) is 4.70. The second kappa shape index (κ2) is 5.22. The van der Waals surface area contributed by atoms with Gasteiger partial charge in [-0.05, 0) is 0 Å². The second-order valence-electron chi connectivity index (χ2n) is 0.448. The van der Waals surface area contributed by atoms with E-state index in [0.717, 1.165) is 0 Å². The maximum atomic E-state index is 8.82. The van der Waals surface area contributed by atoms with E-state index in [4.69, 9.17) is 15.9 Å². The van der Waals surface area contributed by atoms with Gasteiger partial charge in [-0.15, -0.1) is 0 Å². The summed E-state index contributed by atoms with van der Waals surface area (Å²) in [5.41, 5.74) is 0. The van der Waals surface area contributed by atoms with Crippen molar-refractivity contribution >= 4 is 17.4 Å². The van der Waals surface area contributed by atoms with E-state index >= 15 is 0 Å². The zero-order valence-electron chi connectivity index (χ0n) is 2.44. The molecule has 0 aromatic rings. The van der Waals surface area contributed by atoms with Crippen LogP contribution < -0.4 is 0 Å². The molecule has 0 radical (unpaired) electrons. The summed E-state index contributed by atoms with van der Waals surface area (Å²) >= 11 is -5.25. The van der Waals surface area contributed by atoms with Gasteiger partial charge in [0, 0.05) is 16.5 Å². The molecule has 0 spiro atoms. The van der Waals surface area contributed by atoms with Crippen molar-refractivity contribution < 1.29 is 46.0 Å². The van der Waals surface area contributed by atoms with E-state index in [1.807, 2.05) is 0 Å². The van der Waals surface area contributed by atoms with Crippen molar-refractivity contribution in [2.45, 2.75) is 0 Å². The first-order valence-corrected chi connectivity index (χ1v) is 2.88. The van der Waals surface area contributed by atoms with Crippen LogP contribution in [0.1, 0.15) is 0 Å². The minimum absolute atomic E-state index is 0. The van der Waals surface area contributed by atoms with Gasteiger partial charge in [-0.1, -0.05) is 0 Å². The van der Waals surface area contributed by atoms with Crippen LogP contribution in [0.25, 0.3) is 0 Å². The Hall–Kier alpha value is 1.08. The average molecular weight is 207 g/mol. The van der Waals surface area contributed by atoms with Crippen LogP contribution in [-0.2, 0) is 37.7 Å². The molecule has 0 saturated carbocycles. The third kappa shape index (κ3) is 157. The molecule has 7 heavy (non-hydrogen) atoms. The second-order valence-corrected chi connectivity index (χ2v) is 1.85. The number of hydrogen-bond acceptors (Lipinski definition) is 2. The van der Waals surface area contributed by atoms with E-state index in [9.17, 15) is 0 Å². The minimum atomic E-state index is -5.25. The van der Waals surface area contributed by atoms with Crippen LogP contribution >= 0.6 is 0 Å². The molecule has 0 amide bonds. The topological polar surface area (TPSA) is 74.6 Å². The van der Waals surface area contributed by atoms with Gasteiger partial charge in [-0.2, -0.15) is 0 Å². The summed E-state index contributed by atoms with van der Waals surface area (Å²) < 4.78 is 31.9. The van der Waals surface area contributed by atoms with Crippen LogP contribution in [0.5, 0.6) is 0 Å². The van der Waals surface area contributed by atoms with Crippen LogP contribution in [0.3, 0.4) is 0 Å². The first-order chi connectivity index (χ1) is 2.00. The van der Waals surface area contributed by atoms with Crippen molar-refractivity contribution in [1.29, 1.82) is 0 Å². The Kier molecular flexibility index (Phi) is 11.7. The molecule has 0 fully saturated rings. The van der Waals surface area contributed by atoms with E-state index in [0.29, 0.717) is 0 Å².